The molecule has 0 aromatic heterocycles. The lowest BCUT2D eigenvalue weighted by atomic mass is 9.90. The summed E-state index contributed by atoms with van der Waals surface area (Å²) in [6.45, 7) is 4.53. The van der Waals surface area contributed by atoms with Gasteiger partial charge in [-0.25, -0.2) is 0 Å². The van der Waals surface area contributed by atoms with Crippen LogP contribution < -0.4 is 4.90 Å². The molecule has 0 saturated carbocycles. The summed E-state index contributed by atoms with van der Waals surface area (Å²) in [7, 11) is 0. The second kappa shape index (κ2) is 15.4. The van der Waals surface area contributed by atoms with Crippen molar-refractivity contribution in [1.82, 2.24) is 0 Å². The molecule has 0 spiro atoms. The van der Waals surface area contributed by atoms with Gasteiger partial charge in [-0.2, -0.15) is 0 Å². The Kier molecular flexibility index (Phi) is 9.81. The van der Waals surface area contributed by atoms with Crippen molar-refractivity contribution in [2.24, 2.45) is 5.92 Å². The van der Waals surface area contributed by atoms with E-state index in [1.807, 2.05) is 0 Å². The fourth-order valence-electron chi connectivity index (χ4n) is 7.43. The molecule has 0 saturated heterocycles. The zero-order valence-electron chi connectivity index (χ0n) is 30.4. The SMILES string of the molecule is Cc1c(-c2ccc(N(c3ccc(C4=CC=CC(C)C4)cc3)c3ccc(-c4ccccc4)cc3)cc2)cccc1-c1ccccc1/C=C/c1ccccc1. The third kappa shape index (κ3) is 7.47. The summed E-state index contributed by atoms with van der Waals surface area (Å²) >= 11 is 0. The summed E-state index contributed by atoms with van der Waals surface area (Å²) in [5, 5.41) is 0. The second-order valence-corrected chi connectivity index (χ2v) is 13.9. The molecule has 0 bridgehead atoms. The summed E-state index contributed by atoms with van der Waals surface area (Å²) in [6.07, 6.45) is 12.2. The Balaban J connectivity index is 1.13. The first-order valence-corrected chi connectivity index (χ1v) is 18.6. The molecule has 0 radical (unpaired) electrons. The highest BCUT2D eigenvalue weighted by Crippen LogP contribution is 2.39. The van der Waals surface area contributed by atoms with Gasteiger partial charge < -0.3 is 4.90 Å². The van der Waals surface area contributed by atoms with E-state index in [0.29, 0.717) is 5.92 Å². The highest BCUT2D eigenvalue weighted by atomic mass is 15.1. The van der Waals surface area contributed by atoms with Crippen molar-refractivity contribution >= 4 is 34.8 Å². The van der Waals surface area contributed by atoms with Crippen LogP contribution in [-0.4, -0.2) is 0 Å². The molecule has 0 heterocycles. The summed E-state index contributed by atoms with van der Waals surface area (Å²) in [4.78, 5) is 2.36. The number of allylic oxidation sites excluding steroid dienone is 4. The third-order valence-corrected chi connectivity index (χ3v) is 10.3. The van der Waals surface area contributed by atoms with Gasteiger partial charge in [0.2, 0.25) is 0 Å². The molecule has 1 unspecified atom stereocenters. The Hall–Kier alpha value is -6.44. The fraction of sp³-hybridized carbons (Fsp3) is 0.0769. The number of hydrogen-bond donors (Lipinski definition) is 0. The smallest absolute Gasteiger partial charge is 0.0462 e. The molecule has 53 heavy (non-hydrogen) atoms. The number of hydrogen-bond acceptors (Lipinski definition) is 1. The van der Waals surface area contributed by atoms with E-state index in [9.17, 15) is 0 Å². The van der Waals surface area contributed by atoms with E-state index in [2.05, 4.69) is 225 Å². The van der Waals surface area contributed by atoms with E-state index in [0.717, 1.165) is 23.5 Å². The Morgan fingerprint density at radius 2 is 1.00 bits per heavy atom. The van der Waals surface area contributed by atoms with E-state index < -0.39 is 0 Å². The second-order valence-electron chi connectivity index (χ2n) is 13.9. The van der Waals surface area contributed by atoms with Gasteiger partial charge in [0.25, 0.3) is 0 Å². The topological polar surface area (TPSA) is 3.24 Å². The molecule has 1 aliphatic rings. The first-order valence-electron chi connectivity index (χ1n) is 18.6. The van der Waals surface area contributed by atoms with Crippen LogP contribution in [0, 0.1) is 12.8 Å². The molecular formula is C52H43N. The summed E-state index contributed by atoms with van der Waals surface area (Å²) < 4.78 is 0. The van der Waals surface area contributed by atoms with Crippen molar-refractivity contribution in [3.8, 4) is 33.4 Å². The van der Waals surface area contributed by atoms with Crippen LogP contribution in [0.1, 0.15) is 35.6 Å². The van der Waals surface area contributed by atoms with Gasteiger partial charge in [0, 0.05) is 17.1 Å². The number of nitrogens with zero attached hydrogens (tertiary/aromatic N) is 1. The zero-order chi connectivity index (χ0) is 36.0. The minimum Gasteiger partial charge on any atom is -0.311 e. The first-order chi connectivity index (χ1) is 26.1. The number of benzene rings is 7. The predicted octanol–water partition coefficient (Wildman–Crippen LogP) is 14.6. The van der Waals surface area contributed by atoms with Gasteiger partial charge in [0.15, 0.2) is 0 Å². The van der Waals surface area contributed by atoms with Crippen LogP contribution in [0.2, 0.25) is 0 Å². The Morgan fingerprint density at radius 1 is 0.472 bits per heavy atom. The quantitative estimate of drug-likeness (QED) is 0.137. The van der Waals surface area contributed by atoms with Gasteiger partial charge in [-0.15, -0.1) is 0 Å². The van der Waals surface area contributed by atoms with E-state index >= 15 is 0 Å². The largest absolute Gasteiger partial charge is 0.311 e. The monoisotopic (exact) mass is 681 g/mol. The van der Waals surface area contributed by atoms with Crippen LogP contribution >= 0.6 is 0 Å². The third-order valence-electron chi connectivity index (χ3n) is 10.3. The van der Waals surface area contributed by atoms with Gasteiger partial charge in [-0.3, -0.25) is 0 Å². The van der Waals surface area contributed by atoms with E-state index in [1.165, 1.54) is 61.2 Å². The van der Waals surface area contributed by atoms with Crippen LogP contribution in [0.15, 0.2) is 194 Å². The van der Waals surface area contributed by atoms with Crippen LogP contribution in [0.5, 0.6) is 0 Å². The van der Waals surface area contributed by atoms with Gasteiger partial charge >= 0.3 is 0 Å². The lowest BCUT2D eigenvalue weighted by Crippen LogP contribution is -2.10. The van der Waals surface area contributed by atoms with Crippen molar-refractivity contribution in [1.29, 1.82) is 0 Å². The molecule has 1 atom stereocenters. The molecule has 1 heteroatoms. The molecule has 8 rings (SSSR count). The molecule has 256 valence electrons. The molecule has 0 amide bonds. The molecule has 0 aliphatic heterocycles. The average molecular weight is 682 g/mol. The zero-order valence-corrected chi connectivity index (χ0v) is 30.4. The van der Waals surface area contributed by atoms with Crippen LogP contribution in [0.4, 0.5) is 17.1 Å². The minimum absolute atomic E-state index is 0.559. The fourth-order valence-corrected chi connectivity index (χ4v) is 7.43. The molecule has 1 nitrogen and oxygen atoms in total. The van der Waals surface area contributed by atoms with Crippen molar-refractivity contribution in [3.63, 3.8) is 0 Å². The van der Waals surface area contributed by atoms with Crippen LogP contribution in [0.3, 0.4) is 0 Å². The standard InChI is InChI=1S/C52H43N/c1-38-13-11-19-46(37-38)43-27-33-48(34-28-43)53(47-31-25-42(26-32-47)41-16-7-4-8-17-41)49-35-29-45(30-36-49)50-21-12-22-51(39(50)2)52-20-10-9-18-44(52)24-23-40-14-5-3-6-15-40/h3-36,38H,37H2,1-2H3/b24-23+. The highest BCUT2D eigenvalue weighted by Gasteiger charge is 2.16. The Labute approximate surface area is 314 Å². The van der Waals surface area contributed by atoms with Gasteiger partial charge in [0.1, 0.15) is 0 Å². The lowest BCUT2D eigenvalue weighted by Gasteiger charge is -2.26. The molecule has 1 aliphatic carbocycles. The maximum atomic E-state index is 2.36. The minimum atomic E-state index is 0.559. The van der Waals surface area contributed by atoms with Crippen LogP contribution in [0.25, 0.3) is 51.1 Å². The Bertz CT molecular complexity index is 2400. The number of rotatable bonds is 9. The van der Waals surface area contributed by atoms with Crippen molar-refractivity contribution in [2.45, 2.75) is 20.3 Å². The maximum Gasteiger partial charge on any atom is 0.0462 e. The molecule has 0 fully saturated rings. The van der Waals surface area contributed by atoms with Crippen LogP contribution in [-0.2, 0) is 0 Å². The van der Waals surface area contributed by atoms with E-state index in [1.54, 1.807) is 0 Å². The van der Waals surface area contributed by atoms with Gasteiger partial charge in [-0.1, -0.05) is 177 Å². The summed E-state index contributed by atoms with van der Waals surface area (Å²) in [5.41, 5.74) is 17.1. The predicted molar refractivity (Wildman–Crippen MR) is 228 cm³/mol. The number of anilines is 3. The molecule has 7 aromatic carbocycles. The van der Waals surface area contributed by atoms with Crippen molar-refractivity contribution in [2.75, 3.05) is 4.90 Å². The highest BCUT2D eigenvalue weighted by molar-refractivity contribution is 5.86. The van der Waals surface area contributed by atoms with E-state index in [4.69, 9.17) is 0 Å². The van der Waals surface area contributed by atoms with E-state index in [-0.39, 0.29) is 0 Å². The molecular weight excluding hydrogens is 639 g/mol. The Morgan fingerprint density at radius 3 is 1.66 bits per heavy atom. The normalized spacial score (nSPS) is 13.9. The van der Waals surface area contributed by atoms with Gasteiger partial charge in [-0.05, 0) is 117 Å². The lowest BCUT2D eigenvalue weighted by molar-refractivity contribution is 0.749. The molecule has 7 aromatic rings. The first kappa shape index (κ1) is 33.7. The average Bonchev–Trinajstić information content (AvgIpc) is 3.22. The van der Waals surface area contributed by atoms with Crippen molar-refractivity contribution in [3.05, 3.63) is 216 Å². The maximum absolute atomic E-state index is 2.36. The summed E-state index contributed by atoms with van der Waals surface area (Å²) in [6, 6.07) is 63.4. The van der Waals surface area contributed by atoms with Crippen molar-refractivity contribution < 1.29 is 0 Å². The molecule has 0 N–H and O–H groups in total. The summed E-state index contributed by atoms with van der Waals surface area (Å²) in [5.74, 6) is 0.559. The van der Waals surface area contributed by atoms with Gasteiger partial charge in [0.05, 0.1) is 0 Å².